The van der Waals surface area contributed by atoms with Gasteiger partial charge >= 0.3 is 11.9 Å². The van der Waals surface area contributed by atoms with Gasteiger partial charge in [0.25, 0.3) is 0 Å². The van der Waals surface area contributed by atoms with Crippen LogP contribution in [0.25, 0.3) is 0 Å². The van der Waals surface area contributed by atoms with Crippen molar-refractivity contribution in [3.8, 4) is 0 Å². The largest absolute Gasteiger partial charge is 0.462 e. The molecule has 1 atom stereocenters. The van der Waals surface area contributed by atoms with Gasteiger partial charge in [-0.2, -0.15) is 0 Å². The van der Waals surface area contributed by atoms with Gasteiger partial charge in [-0.3, -0.25) is 9.59 Å². The summed E-state index contributed by atoms with van der Waals surface area (Å²) in [6.07, 6.45) is 67.6. The number of rotatable bonds is 48. The van der Waals surface area contributed by atoms with Crippen LogP contribution in [0.1, 0.15) is 252 Å². The molecule has 0 radical (unpaired) electrons. The van der Waals surface area contributed by atoms with Crippen LogP contribution in [0.3, 0.4) is 0 Å². The van der Waals surface area contributed by atoms with Crippen LogP contribution in [-0.2, 0) is 23.8 Å². The summed E-state index contributed by atoms with van der Waals surface area (Å²) in [7, 11) is 0. The fraction of sp³-hybridized carbons (Fsp3) is 0.754. The summed E-state index contributed by atoms with van der Waals surface area (Å²) in [6, 6.07) is 0. The Morgan fingerprint density at radius 2 is 0.694 bits per heavy atom. The van der Waals surface area contributed by atoms with Crippen LogP contribution in [0, 0.1) is 0 Å². The Hall–Kier alpha value is -2.66. The molecule has 0 aromatic heterocycles. The Morgan fingerprint density at radius 3 is 1.15 bits per heavy atom. The zero-order chi connectivity index (χ0) is 44.9. The molecule has 0 bridgehead atoms. The predicted molar refractivity (Wildman–Crippen MR) is 270 cm³/mol. The number of allylic oxidation sites excluding steroid dienone is 12. The van der Waals surface area contributed by atoms with Gasteiger partial charge in [-0.1, -0.05) is 203 Å². The summed E-state index contributed by atoms with van der Waals surface area (Å²) in [5.74, 6) is -0.428. The smallest absolute Gasteiger partial charge is 0.306 e. The van der Waals surface area contributed by atoms with Crippen LogP contribution in [0.5, 0.6) is 0 Å². The Bertz CT molecular complexity index is 1110. The van der Waals surface area contributed by atoms with Gasteiger partial charge < -0.3 is 14.2 Å². The fourth-order valence-corrected chi connectivity index (χ4v) is 7.17. The van der Waals surface area contributed by atoms with Crippen molar-refractivity contribution in [1.29, 1.82) is 0 Å². The Balaban J connectivity index is 4.27. The molecule has 5 nitrogen and oxygen atoms in total. The summed E-state index contributed by atoms with van der Waals surface area (Å²) in [5, 5.41) is 0. The van der Waals surface area contributed by atoms with E-state index in [1.54, 1.807) is 0 Å². The zero-order valence-corrected chi connectivity index (χ0v) is 41.1. The molecule has 0 aromatic carbocycles. The van der Waals surface area contributed by atoms with E-state index in [0.717, 1.165) is 83.5 Å². The quantitative estimate of drug-likeness (QED) is 0.0346. The summed E-state index contributed by atoms with van der Waals surface area (Å²) in [4.78, 5) is 25.4. The first-order valence-corrected chi connectivity index (χ1v) is 26.5. The molecule has 0 aromatic rings. The van der Waals surface area contributed by atoms with Crippen LogP contribution >= 0.6 is 0 Å². The molecule has 0 N–H and O–H groups in total. The standard InChI is InChI=1S/C57H100O5/c1-4-7-10-13-16-19-22-24-26-27-28-29-30-32-34-37-40-43-46-49-52-60-53-55(62-57(59)51-48-45-42-39-35-21-18-15-12-9-6-3)54-61-56(58)50-47-44-41-38-36-33-31-25-23-20-17-14-11-8-5-2/h15-20,24-26,28-29,31,55H,4-14,21-23,27,30,32-54H2,1-3H3/b18-15-,19-16-,20-17-,26-24-,29-28-,31-25-. The second kappa shape index (κ2) is 52.7. The van der Waals surface area contributed by atoms with Gasteiger partial charge in [-0.05, 0) is 109 Å². The van der Waals surface area contributed by atoms with E-state index in [-0.39, 0.29) is 25.2 Å². The lowest BCUT2D eigenvalue weighted by atomic mass is 10.1. The molecule has 0 aliphatic carbocycles. The number of hydrogen-bond donors (Lipinski definition) is 0. The van der Waals surface area contributed by atoms with Crippen LogP contribution in [-0.4, -0.2) is 37.9 Å². The zero-order valence-electron chi connectivity index (χ0n) is 41.1. The van der Waals surface area contributed by atoms with Crippen molar-refractivity contribution in [2.24, 2.45) is 0 Å². The number of unbranched alkanes of at least 4 members (excludes halogenated alkanes) is 25. The van der Waals surface area contributed by atoms with Crippen molar-refractivity contribution in [3.05, 3.63) is 72.9 Å². The number of esters is 2. The van der Waals surface area contributed by atoms with E-state index in [0.29, 0.717) is 19.4 Å². The Morgan fingerprint density at radius 1 is 0.355 bits per heavy atom. The van der Waals surface area contributed by atoms with Crippen LogP contribution in [0.2, 0.25) is 0 Å². The topological polar surface area (TPSA) is 61.8 Å². The van der Waals surface area contributed by atoms with E-state index in [2.05, 4.69) is 93.7 Å². The lowest BCUT2D eigenvalue weighted by molar-refractivity contribution is -0.163. The van der Waals surface area contributed by atoms with Crippen molar-refractivity contribution in [2.75, 3.05) is 19.8 Å². The van der Waals surface area contributed by atoms with E-state index in [1.165, 1.54) is 135 Å². The van der Waals surface area contributed by atoms with E-state index < -0.39 is 6.10 Å². The Kier molecular flexibility index (Phi) is 50.4. The maximum Gasteiger partial charge on any atom is 0.306 e. The average molecular weight is 865 g/mol. The number of carbonyl (C=O) groups is 2. The van der Waals surface area contributed by atoms with Crippen molar-refractivity contribution in [2.45, 2.75) is 258 Å². The number of ether oxygens (including phenoxy) is 3. The highest BCUT2D eigenvalue weighted by Gasteiger charge is 2.17. The highest BCUT2D eigenvalue weighted by molar-refractivity contribution is 5.70. The summed E-state index contributed by atoms with van der Waals surface area (Å²) >= 11 is 0. The minimum Gasteiger partial charge on any atom is -0.462 e. The van der Waals surface area contributed by atoms with Crippen molar-refractivity contribution in [3.63, 3.8) is 0 Å². The summed E-state index contributed by atoms with van der Waals surface area (Å²) in [6.45, 7) is 7.70. The molecule has 0 fully saturated rings. The van der Waals surface area contributed by atoms with E-state index in [9.17, 15) is 9.59 Å². The second-order valence-corrected chi connectivity index (χ2v) is 17.4. The summed E-state index contributed by atoms with van der Waals surface area (Å²) < 4.78 is 17.4. The van der Waals surface area contributed by atoms with Gasteiger partial charge in [0.2, 0.25) is 0 Å². The first-order chi connectivity index (χ1) is 30.6. The maximum absolute atomic E-state index is 12.8. The molecule has 0 aliphatic heterocycles. The molecule has 0 saturated heterocycles. The average Bonchev–Trinajstić information content (AvgIpc) is 3.27. The third kappa shape index (κ3) is 50.0. The minimum atomic E-state index is -0.553. The Labute approximate surface area is 385 Å². The third-order valence-electron chi connectivity index (χ3n) is 11.2. The van der Waals surface area contributed by atoms with Gasteiger partial charge in [0.1, 0.15) is 6.61 Å². The normalized spacial score (nSPS) is 12.8. The van der Waals surface area contributed by atoms with Gasteiger partial charge in [-0.25, -0.2) is 0 Å². The number of carbonyl (C=O) groups excluding carboxylic acids is 2. The monoisotopic (exact) mass is 865 g/mol. The van der Waals surface area contributed by atoms with E-state index in [4.69, 9.17) is 14.2 Å². The van der Waals surface area contributed by atoms with E-state index in [1.807, 2.05) is 0 Å². The molecule has 0 aliphatic rings. The molecule has 0 saturated carbocycles. The molecular formula is C57H100O5. The third-order valence-corrected chi connectivity index (χ3v) is 11.2. The van der Waals surface area contributed by atoms with Crippen LogP contribution in [0.15, 0.2) is 72.9 Å². The van der Waals surface area contributed by atoms with Gasteiger partial charge in [0.05, 0.1) is 6.61 Å². The molecule has 5 heteroatoms. The highest BCUT2D eigenvalue weighted by atomic mass is 16.6. The first kappa shape index (κ1) is 59.3. The van der Waals surface area contributed by atoms with Crippen LogP contribution in [0.4, 0.5) is 0 Å². The second-order valence-electron chi connectivity index (χ2n) is 17.4. The maximum atomic E-state index is 12.8. The molecule has 0 heterocycles. The number of hydrogen-bond acceptors (Lipinski definition) is 5. The van der Waals surface area contributed by atoms with Crippen molar-refractivity contribution < 1.29 is 23.8 Å². The van der Waals surface area contributed by atoms with Crippen molar-refractivity contribution >= 4 is 11.9 Å². The highest BCUT2D eigenvalue weighted by Crippen LogP contribution is 2.13. The van der Waals surface area contributed by atoms with E-state index >= 15 is 0 Å². The molecule has 358 valence electrons. The molecule has 0 amide bonds. The SMILES string of the molecule is CCCC/C=C\CCCCCCCC(=O)OC(COCCCCCCCCC/C=C\C/C=C\C/C=C\CCCCC)COC(=O)CCCCCCC/C=C\C/C=C\CCCCC. The minimum absolute atomic E-state index is 0.0688. The molecule has 0 rings (SSSR count). The molecule has 1 unspecified atom stereocenters. The molecule has 0 spiro atoms. The molecular weight excluding hydrogens is 765 g/mol. The van der Waals surface area contributed by atoms with Crippen molar-refractivity contribution in [1.82, 2.24) is 0 Å². The van der Waals surface area contributed by atoms with Gasteiger partial charge in [0, 0.05) is 19.4 Å². The predicted octanol–water partition coefficient (Wildman–Crippen LogP) is 17.9. The van der Waals surface area contributed by atoms with Crippen LogP contribution < -0.4 is 0 Å². The lowest BCUT2D eigenvalue weighted by Crippen LogP contribution is -2.30. The fourth-order valence-electron chi connectivity index (χ4n) is 7.17. The lowest BCUT2D eigenvalue weighted by Gasteiger charge is -2.18. The summed E-state index contributed by atoms with van der Waals surface area (Å²) in [5.41, 5.74) is 0. The first-order valence-electron chi connectivity index (χ1n) is 26.5. The molecule has 62 heavy (non-hydrogen) atoms. The van der Waals surface area contributed by atoms with Gasteiger partial charge in [0.15, 0.2) is 6.10 Å². The van der Waals surface area contributed by atoms with Gasteiger partial charge in [-0.15, -0.1) is 0 Å².